The summed E-state index contributed by atoms with van der Waals surface area (Å²) in [6.45, 7) is 1.08. The number of esters is 2. The molecule has 62 valence electrons. The van der Waals surface area contributed by atoms with Crippen LogP contribution in [0.15, 0.2) is 0 Å². The zero-order chi connectivity index (χ0) is 9.56. The van der Waals surface area contributed by atoms with E-state index >= 15 is 0 Å². The second-order valence-electron chi connectivity index (χ2n) is 1.98. The van der Waals surface area contributed by atoms with Crippen LogP contribution in [0, 0.1) is 28.6 Å². The minimum atomic E-state index is -1.04. The topological polar surface area (TPSA) is 90.9 Å². The van der Waals surface area contributed by atoms with Gasteiger partial charge in [-0.25, -0.2) is 0 Å². The lowest BCUT2D eigenvalue weighted by atomic mass is 10.1. The Bertz CT molecular complexity index is 257. The molecule has 12 heavy (non-hydrogen) atoms. The van der Waals surface area contributed by atoms with E-state index in [1.807, 2.05) is 0 Å². The lowest BCUT2D eigenvalue weighted by molar-refractivity contribution is -0.158. The monoisotopic (exact) mass is 166 g/mol. The molecule has 0 amide bonds. The van der Waals surface area contributed by atoms with Crippen molar-refractivity contribution in [3.63, 3.8) is 0 Å². The first-order chi connectivity index (χ1) is 5.60. The molecule has 0 fully saturated rings. The van der Waals surface area contributed by atoms with Crippen LogP contribution in [-0.4, -0.2) is 11.9 Å². The summed E-state index contributed by atoms with van der Waals surface area (Å²) in [6, 6.07) is 3.17. The van der Waals surface area contributed by atoms with Crippen LogP contribution in [0.25, 0.3) is 0 Å². The lowest BCUT2D eigenvalue weighted by Gasteiger charge is -1.97. The van der Waals surface area contributed by atoms with Crippen molar-refractivity contribution in [1.82, 2.24) is 0 Å². The van der Waals surface area contributed by atoms with Gasteiger partial charge in [-0.3, -0.25) is 9.59 Å². The third kappa shape index (κ3) is 4.02. The molecule has 5 heteroatoms. The number of rotatable bonds is 2. The van der Waals surface area contributed by atoms with Crippen molar-refractivity contribution in [3.8, 4) is 12.1 Å². The molecule has 0 aliphatic heterocycles. The zero-order valence-corrected chi connectivity index (χ0v) is 6.40. The molecule has 0 unspecified atom stereocenters. The summed E-state index contributed by atoms with van der Waals surface area (Å²) in [7, 11) is 0. The minimum absolute atomic E-state index is 0.368. The molecule has 0 saturated heterocycles. The Morgan fingerprint density at radius 1 is 1.42 bits per heavy atom. The van der Waals surface area contributed by atoms with Gasteiger partial charge in [-0.05, 0) is 0 Å². The number of carbonyl (C=O) groups is 2. The van der Waals surface area contributed by atoms with Crippen molar-refractivity contribution in [2.24, 2.45) is 5.92 Å². The first-order valence-corrected chi connectivity index (χ1v) is 3.10. The van der Waals surface area contributed by atoms with Gasteiger partial charge in [0.05, 0.1) is 18.6 Å². The van der Waals surface area contributed by atoms with E-state index in [0.29, 0.717) is 0 Å². The molecule has 0 heterocycles. The van der Waals surface area contributed by atoms with Gasteiger partial charge in [-0.15, -0.1) is 0 Å². The van der Waals surface area contributed by atoms with Gasteiger partial charge in [0.25, 0.3) is 0 Å². The van der Waals surface area contributed by atoms with E-state index in [1.54, 1.807) is 12.1 Å². The fraction of sp³-hybridized carbons (Fsp3) is 0.429. The smallest absolute Gasteiger partial charge is 0.315 e. The predicted octanol–water partition coefficient (Wildman–Crippen LogP) is 0.130. The maximum atomic E-state index is 10.6. The summed E-state index contributed by atoms with van der Waals surface area (Å²) >= 11 is 0. The number of ether oxygens (including phenoxy) is 1. The second-order valence-corrected chi connectivity index (χ2v) is 1.98. The summed E-state index contributed by atoms with van der Waals surface area (Å²) in [5, 5.41) is 16.5. The summed E-state index contributed by atoms with van der Waals surface area (Å²) < 4.78 is 4.10. The quantitative estimate of drug-likeness (QED) is 0.429. The van der Waals surface area contributed by atoms with E-state index in [2.05, 4.69) is 4.74 Å². The van der Waals surface area contributed by atoms with Crippen molar-refractivity contribution in [1.29, 1.82) is 10.5 Å². The number of nitrogens with zero attached hydrogens (tertiary/aromatic N) is 2. The fourth-order valence-corrected chi connectivity index (χ4v) is 0.489. The van der Waals surface area contributed by atoms with E-state index in [4.69, 9.17) is 10.5 Å². The Morgan fingerprint density at radius 3 is 2.25 bits per heavy atom. The van der Waals surface area contributed by atoms with E-state index in [1.165, 1.54) is 0 Å². The van der Waals surface area contributed by atoms with Gasteiger partial charge in [-0.1, -0.05) is 0 Å². The van der Waals surface area contributed by atoms with Crippen LogP contribution in [0.5, 0.6) is 0 Å². The third-order valence-corrected chi connectivity index (χ3v) is 0.940. The van der Waals surface area contributed by atoms with Gasteiger partial charge in [0.2, 0.25) is 0 Å². The van der Waals surface area contributed by atoms with Crippen LogP contribution in [0.2, 0.25) is 0 Å². The SMILES string of the molecule is CC(=O)OC(=O)CC(C#N)C#N. The van der Waals surface area contributed by atoms with Crippen LogP contribution < -0.4 is 0 Å². The van der Waals surface area contributed by atoms with E-state index in [0.717, 1.165) is 6.92 Å². The Balaban J connectivity index is 3.95. The molecule has 0 aliphatic carbocycles. The van der Waals surface area contributed by atoms with Crippen molar-refractivity contribution in [2.45, 2.75) is 13.3 Å². The molecule has 0 rings (SSSR count). The molecule has 5 nitrogen and oxygen atoms in total. The lowest BCUT2D eigenvalue weighted by Crippen LogP contribution is -2.12. The highest BCUT2D eigenvalue weighted by Crippen LogP contribution is 2.00. The van der Waals surface area contributed by atoms with Crippen LogP contribution >= 0.6 is 0 Å². The zero-order valence-electron chi connectivity index (χ0n) is 6.40. The molecule has 0 aromatic heterocycles. The first kappa shape index (κ1) is 10.1. The van der Waals surface area contributed by atoms with Gasteiger partial charge >= 0.3 is 11.9 Å². The van der Waals surface area contributed by atoms with Gasteiger partial charge in [0.1, 0.15) is 5.92 Å². The summed E-state index contributed by atoms with van der Waals surface area (Å²) in [5.41, 5.74) is 0. The normalized spacial score (nSPS) is 8.33. The van der Waals surface area contributed by atoms with Crippen LogP contribution in [-0.2, 0) is 14.3 Å². The van der Waals surface area contributed by atoms with E-state index in [-0.39, 0.29) is 6.42 Å². The van der Waals surface area contributed by atoms with Gasteiger partial charge in [-0.2, -0.15) is 10.5 Å². The minimum Gasteiger partial charge on any atom is -0.393 e. The Hall–Kier alpha value is -1.88. The fourth-order valence-electron chi connectivity index (χ4n) is 0.489. The first-order valence-electron chi connectivity index (χ1n) is 3.10. The molecule has 0 radical (unpaired) electrons. The predicted molar refractivity (Wildman–Crippen MR) is 36.1 cm³/mol. The number of nitriles is 2. The third-order valence-electron chi connectivity index (χ3n) is 0.940. The van der Waals surface area contributed by atoms with Gasteiger partial charge in [0.15, 0.2) is 0 Å². The summed E-state index contributed by atoms with van der Waals surface area (Å²) in [6.07, 6.45) is -0.368. The molecule has 0 aliphatic rings. The number of hydrogen-bond acceptors (Lipinski definition) is 5. The number of hydrogen-bond donors (Lipinski definition) is 0. The molecule has 0 N–H and O–H groups in total. The van der Waals surface area contributed by atoms with Gasteiger partial charge < -0.3 is 4.74 Å². The Labute approximate surface area is 69.2 Å². The molecule has 0 bridgehead atoms. The van der Waals surface area contributed by atoms with Gasteiger partial charge in [0, 0.05) is 6.92 Å². The van der Waals surface area contributed by atoms with Crippen LogP contribution in [0.1, 0.15) is 13.3 Å². The largest absolute Gasteiger partial charge is 0.393 e. The molecular formula is C7H6N2O3. The summed E-state index contributed by atoms with van der Waals surface area (Å²) in [5.74, 6) is -2.64. The van der Waals surface area contributed by atoms with Crippen LogP contribution in [0.3, 0.4) is 0 Å². The molecule has 0 aromatic carbocycles. The summed E-state index contributed by atoms with van der Waals surface area (Å²) in [4.78, 5) is 20.8. The highest BCUT2D eigenvalue weighted by atomic mass is 16.6. The second kappa shape index (κ2) is 4.86. The highest BCUT2D eigenvalue weighted by Gasteiger charge is 2.14. The van der Waals surface area contributed by atoms with E-state index < -0.39 is 17.9 Å². The maximum absolute atomic E-state index is 10.6. The molecule has 0 spiro atoms. The Morgan fingerprint density at radius 2 is 1.92 bits per heavy atom. The van der Waals surface area contributed by atoms with Crippen molar-refractivity contribution >= 4 is 11.9 Å². The van der Waals surface area contributed by atoms with E-state index in [9.17, 15) is 9.59 Å². The number of carbonyl (C=O) groups excluding carboxylic acids is 2. The van der Waals surface area contributed by atoms with Crippen molar-refractivity contribution in [3.05, 3.63) is 0 Å². The maximum Gasteiger partial charge on any atom is 0.315 e. The molecule has 0 atom stereocenters. The average molecular weight is 166 g/mol. The Kier molecular flexibility index (Phi) is 4.10. The average Bonchev–Trinajstić information content (AvgIpc) is 1.98. The molecule has 0 saturated carbocycles. The molecular weight excluding hydrogens is 160 g/mol. The molecule has 0 aromatic rings. The van der Waals surface area contributed by atoms with Crippen molar-refractivity contribution in [2.75, 3.05) is 0 Å². The van der Waals surface area contributed by atoms with Crippen molar-refractivity contribution < 1.29 is 14.3 Å². The highest BCUT2D eigenvalue weighted by molar-refractivity contribution is 5.84. The standard InChI is InChI=1S/C7H6N2O3/c1-5(10)12-7(11)2-6(3-8)4-9/h6H,2H2,1H3. The van der Waals surface area contributed by atoms with Crippen LogP contribution in [0.4, 0.5) is 0 Å².